The molecule has 0 spiro atoms. The van der Waals surface area contributed by atoms with Gasteiger partial charge in [-0.05, 0) is 43.3 Å². The molecule has 1 aromatic heterocycles. The summed E-state index contributed by atoms with van der Waals surface area (Å²) in [5.41, 5.74) is 2.38. The number of carbonyl (C=O) groups excluding carboxylic acids is 1. The molecule has 2 aromatic carbocycles. The number of anilines is 1. The van der Waals surface area contributed by atoms with Crippen LogP contribution in [0.3, 0.4) is 0 Å². The summed E-state index contributed by atoms with van der Waals surface area (Å²) in [5, 5.41) is 4.56. The largest absolute Gasteiger partial charge is 0.352 e. The number of nitrogens with zero attached hydrogens (tertiary/aromatic N) is 4. The van der Waals surface area contributed by atoms with Crippen LogP contribution in [0, 0.1) is 6.92 Å². The van der Waals surface area contributed by atoms with E-state index in [0.717, 1.165) is 21.5 Å². The Kier molecular flexibility index (Phi) is 5.49. The molecule has 1 fully saturated rings. The van der Waals surface area contributed by atoms with E-state index in [1.807, 2.05) is 60.4 Å². The first-order valence-corrected chi connectivity index (χ1v) is 10.3. The molecule has 0 unspecified atom stereocenters. The van der Waals surface area contributed by atoms with E-state index in [-0.39, 0.29) is 11.5 Å². The van der Waals surface area contributed by atoms with Gasteiger partial charge < -0.3 is 9.80 Å². The molecule has 1 saturated heterocycles. The van der Waals surface area contributed by atoms with Crippen LogP contribution in [0.2, 0.25) is 0 Å². The molecular weight excluding hydrogens is 432 g/mol. The van der Waals surface area contributed by atoms with Gasteiger partial charge in [-0.15, -0.1) is 5.10 Å². The van der Waals surface area contributed by atoms with Crippen LogP contribution >= 0.6 is 15.9 Å². The molecule has 6 nitrogen and oxygen atoms in total. The SMILES string of the molecule is Cc1ccc(-n2nc(N3CCN(C(=O)c4cccc(Br)c4)CC3)ccc2=O)cc1. The van der Waals surface area contributed by atoms with Gasteiger partial charge in [-0.2, -0.15) is 4.68 Å². The summed E-state index contributed by atoms with van der Waals surface area (Å²) in [5.74, 6) is 0.767. The lowest BCUT2D eigenvalue weighted by atomic mass is 10.2. The van der Waals surface area contributed by atoms with Crippen LogP contribution in [-0.2, 0) is 0 Å². The first kappa shape index (κ1) is 19.4. The Morgan fingerprint density at radius 2 is 1.69 bits per heavy atom. The monoisotopic (exact) mass is 452 g/mol. The highest BCUT2D eigenvalue weighted by atomic mass is 79.9. The molecule has 148 valence electrons. The lowest BCUT2D eigenvalue weighted by molar-refractivity contribution is 0.0746. The molecule has 0 aliphatic carbocycles. The minimum atomic E-state index is -0.166. The topological polar surface area (TPSA) is 58.4 Å². The number of piperazine rings is 1. The number of hydrogen-bond donors (Lipinski definition) is 0. The van der Waals surface area contributed by atoms with Gasteiger partial charge in [0.25, 0.3) is 11.5 Å². The Balaban J connectivity index is 1.49. The van der Waals surface area contributed by atoms with Crippen LogP contribution in [0.1, 0.15) is 15.9 Å². The number of amides is 1. The van der Waals surface area contributed by atoms with Gasteiger partial charge >= 0.3 is 0 Å². The highest BCUT2D eigenvalue weighted by molar-refractivity contribution is 9.10. The Morgan fingerprint density at radius 3 is 2.38 bits per heavy atom. The van der Waals surface area contributed by atoms with Crippen LogP contribution in [0.4, 0.5) is 5.82 Å². The van der Waals surface area contributed by atoms with Crippen molar-refractivity contribution >= 4 is 27.7 Å². The molecule has 2 heterocycles. The number of rotatable bonds is 3. The molecule has 0 N–H and O–H groups in total. The summed E-state index contributed by atoms with van der Waals surface area (Å²) in [6.45, 7) is 4.55. The van der Waals surface area contributed by atoms with E-state index in [2.05, 4.69) is 25.9 Å². The Labute approximate surface area is 177 Å². The molecule has 29 heavy (non-hydrogen) atoms. The average Bonchev–Trinajstić information content (AvgIpc) is 2.74. The maximum atomic E-state index is 12.7. The fourth-order valence-electron chi connectivity index (χ4n) is 3.38. The zero-order valence-electron chi connectivity index (χ0n) is 16.1. The number of benzene rings is 2. The number of aryl methyl sites for hydroxylation is 1. The predicted octanol–water partition coefficient (Wildman–Crippen LogP) is 3.27. The lowest BCUT2D eigenvalue weighted by Crippen LogP contribution is -2.49. The number of aromatic nitrogens is 2. The molecule has 1 amide bonds. The van der Waals surface area contributed by atoms with Gasteiger partial charge in [0.15, 0.2) is 0 Å². The fourth-order valence-corrected chi connectivity index (χ4v) is 3.78. The number of halogens is 1. The van der Waals surface area contributed by atoms with E-state index >= 15 is 0 Å². The minimum Gasteiger partial charge on any atom is -0.352 e. The third kappa shape index (κ3) is 4.24. The van der Waals surface area contributed by atoms with Crippen molar-refractivity contribution in [2.45, 2.75) is 6.92 Å². The zero-order chi connectivity index (χ0) is 20.4. The first-order chi connectivity index (χ1) is 14.0. The maximum Gasteiger partial charge on any atom is 0.271 e. The molecule has 4 rings (SSSR count). The van der Waals surface area contributed by atoms with Crippen molar-refractivity contribution in [2.24, 2.45) is 0 Å². The van der Waals surface area contributed by atoms with E-state index in [1.165, 1.54) is 4.68 Å². The molecule has 0 bridgehead atoms. The van der Waals surface area contributed by atoms with Crippen LogP contribution in [-0.4, -0.2) is 46.8 Å². The first-order valence-electron chi connectivity index (χ1n) is 9.48. The van der Waals surface area contributed by atoms with Crippen molar-refractivity contribution < 1.29 is 4.79 Å². The molecule has 0 atom stereocenters. The minimum absolute atomic E-state index is 0.0311. The van der Waals surface area contributed by atoms with Crippen LogP contribution in [0.25, 0.3) is 5.69 Å². The summed E-state index contributed by atoms with van der Waals surface area (Å²) in [7, 11) is 0. The predicted molar refractivity (Wildman–Crippen MR) is 117 cm³/mol. The molecule has 1 aliphatic heterocycles. The third-order valence-electron chi connectivity index (χ3n) is 5.03. The average molecular weight is 453 g/mol. The van der Waals surface area contributed by atoms with E-state index in [9.17, 15) is 9.59 Å². The van der Waals surface area contributed by atoms with Gasteiger partial charge in [0.1, 0.15) is 5.82 Å². The molecule has 1 aliphatic rings. The second-order valence-corrected chi connectivity index (χ2v) is 7.98. The van der Waals surface area contributed by atoms with Gasteiger partial charge in [0, 0.05) is 42.3 Å². The van der Waals surface area contributed by atoms with Gasteiger partial charge in [-0.3, -0.25) is 9.59 Å². The summed E-state index contributed by atoms with van der Waals surface area (Å²) in [4.78, 5) is 29.0. The van der Waals surface area contributed by atoms with Crippen molar-refractivity contribution in [1.82, 2.24) is 14.7 Å². The van der Waals surface area contributed by atoms with E-state index in [4.69, 9.17) is 0 Å². The summed E-state index contributed by atoms with van der Waals surface area (Å²) in [6, 6.07) is 18.4. The van der Waals surface area contributed by atoms with Crippen molar-refractivity contribution in [3.63, 3.8) is 0 Å². The van der Waals surface area contributed by atoms with Crippen LogP contribution in [0.5, 0.6) is 0 Å². The second kappa shape index (κ2) is 8.21. The zero-order valence-corrected chi connectivity index (χ0v) is 17.7. The Morgan fingerprint density at radius 1 is 0.966 bits per heavy atom. The highest BCUT2D eigenvalue weighted by Crippen LogP contribution is 2.17. The molecular formula is C22H21BrN4O2. The lowest BCUT2D eigenvalue weighted by Gasteiger charge is -2.35. The third-order valence-corrected chi connectivity index (χ3v) is 5.52. The van der Waals surface area contributed by atoms with E-state index < -0.39 is 0 Å². The van der Waals surface area contributed by atoms with Gasteiger partial charge in [-0.25, -0.2) is 0 Å². The van der Waals surface area contributed by atoms with Crippen molar-refractivity contribution in [3.8, 4) is 5.69 Å². The van der Waals surface area contributed by atoms with Gasteiger partial charge in [0.2, 0.25) is 0 Å². The number of hydrogen-bond acceptors (Lipinski definition) is 4. The Bertz CT molecular complexity index is 1090. The molecule has 0 saturated carbocycles. The molecule has 7 heteroatoms. The van der Waals surface area contributed by atoms with E-state index in [0.29, 0.717) is 31.7 Å². The fraction of sp³-hybridized carbons (Fsp3) is 0.227. The maximum absolute atomic E-state index is 12.7. The number of carbonyl (C=O) groups is 1. The van der Waals surface area contributed by atoms with Gasteiger partial charge in [0.05, 0.1) is 5.69 Å². The second-order valence-electron chi connectivity index (χ2n) is 7.07. The molecule has 3 aromatic rings. The summed E-state index contributed by atoms with van der Waals surface area (Å²) >= 11 is 3.42. The summed E-state index contributed by atoms with van der Waals surface area (Å²) in [6.07, 6.45) is 0. The standard InChI is InChI=1S/C22H21BrN4O2/c1-16-5-7-19(8-6-16)27-21(28)10-9-20(24-27)25-11-13-26(14-12-25)22(29)17-3-2-4-18(23)15-17/h2-10,15H,11-14H2,1H3. The van der Waals surface area contributed by atoms with Crippen molar-refractivity contribution in [3.05, 3.63) is 86.6 Å². The van der Waals surface area contributed by atoms with Crippen molar-refractivity contribution in [1.29, 1.82) is 0 Å². The quantitative estimate of drug-likeness (QED) is 0.611. The smallest absolute Gasteiger partial charge is 0.271 e. The molecule has 0 radical (unpaired) electrons. The Hall–Kier alpha value is -2.93. The summed E-state index contributed by atoms with van der Waals surface area (Å²) < 4.78 is 2.32. The van der Waals surface area contributed by atoms with Crippen molar-refractivity contribution in [2.75, 3.05) is 31.1 Å². The van der Waals surface area contributed by atoms with Crippen LogP contribution < -0.4 is 10.5 Å². The normalized spacial score (nSPS) is 14.1. The van der Waals surface area contributed by atoms with Gasteiger partial charge in [-0.1, -0.05) is 39.7 Å². The van der Waals surface area contributed by atoms with Crippen LogP contribution in [0.15, 0.2) is 69.9 Å². The highest BCUT2D eigenvalue weighted by Gasteiger charge is 2.23. The van der Waals surface area contributed by atoms with E-state index in [1.54, 1.807) is 12.1 Å².